The van der Waals surface area contributed by atoms with Gasteiger partial charge in [-0.1, -0.05) is 45.1 Å². The van der Waals surface area contributed by atoms with Crippen LogP contribution < -0.4 is 15.8 Å². The zero-order valence-electron chi connectivity index (χ0n) is 12.5. The van der Waals surface area contributed by atoms with Crippen LogP contribution in [0.3, 0.4) is 0 Å². The number of hydrogen-bond acceptors (Lipinski definition) is 3. The van der Waals surface area contributed by atoms with Gasteiger partial charge in [-0.15, -0.1) is 0 Å². The quantitative estimate of drug-likeness (QED) is 0.645. The minimum absolute atomic E-state index is 0.302. The number of carbonyl (C=O) groups is 1. The fourth-order valence-corrected chi connectivity index (χ4v) is 2.15. The third-order valence-corrected chi connectivity index (χ3v) is 3.35. The Morgan fingerprint density at radius 1 is 1.30 bits per heavy atom. The van der Waals surface area contributed by atoms with Gasteiger partial charge in [0.05, 0.1) is 7.11 Å². The van der Waals surface area contributed by atoms with Gasteiger partial charge in [0, 0.05) is 11.8 Å². The van der Waals surface area contributed by atoms with Crippen LogP contribution in [0.15, 0.2) is 24.3 Å². The summed E-state index contributed by atoms with van der Waals surface area (Å²) in [5.74, 6) is 0.462. The number of anilines is 1. The molecular weight excluding hydrogens is 252 g/mol. The second-order valence-corrected chi connectivity index (χ2v) is 5.03. The first-order valence-corrected chi connectivity index (χ1v) is 7.37. The van der Waals surface area contributed by atoms with Crippen molar-refractivity contribution in [3.05, 3.63) is 24.3 Å². The zero-order valence-corrected chi connectivity index (χ0v) is 12.5. The molecule has 0 aliphatic carbocycles. The summed E-state index contributed by atoms with van der Waals surface area (Å²) in [5, 5.41) is 3.19. The van der Waals surface area contributed by atoms with E-state index in [1.807, 2.05) is 24.3 Å². The number of nitrogens with two attached hydrogens (primary N) is 1. The minimum atomic E-state index is -0.316. The van der Waals surface area contributed by atoms with Crippen LogP contribution in [-0.4, -0.2) is 19.1 Å². The number of ether oxygens (including phenoxy) is 1. The van der Waals surface area contributed by atoms with Crippen LogP contribution in [0.5, 0.6) is 5.75 Å². The molecule has 0 aliphatic rings. The Hall–Kier alpha value is -1.71. The molecule has 0 heterocycles. The first kappa shape index (κ1) is 16.3. The lowest BCUT2D eigenvalue weighted by molar-refractivity contribution is -0.118. The lowest BCUT2D eigenvalue weighted by Gasteiger charge is -2.17. The maximum absolute atomic E-state index is 11.5. The first-order chi connectivity index (χ1) is 9.67. The van der Waals surface area contributed by atoms with Gasteiger partial charge >= 0.3 is 0 Å². The Bertz CT molecular complexity index is 407. The maximum atomic E-state index is 11.5. The van der Waals surface area contributed by atoms with Crippen LogP contribution in [0.2, 0.25) is 0 Å². The highest BCUT2D eigenvalue weighted by atomic mass is 16.5. The predicted molar refractivity (Wildman–Crippen MR) is 83.0 cm³/mol. The summed E-state index contributed by atoms with van der Waals surface area (Å²) >= 11 is 0. The summed E-state index contributed by atoms with van der Waals surface area (Å²) in [6, 6.07) is 7.22. The number of hydrogen-bond donors (Lipinski definition) is 2. The number of primary amides is 1. The third kappa shape index (κ3) is 5.95. The fraction of sp³-hybridized carbons (Fsp3) is 0.562. The molecule has 0 saturated heterocycles. The first-order valence-electron chi connectivity index (χ1n) is 7.37. The Morgan fingerprint density at radius 3 is 2.70 bits per heavy atom. The van der Waals surface area contributed by atoms with Crippen LogP contribution in [0.4, 0.5) is 5.69 Å². The van der Waals surface area contributed by atoms with E-state index in [2.05, 4.69) is 12.2 Å². The standard InChI is InChI=1S/C16H26N2O2/c1-3-4-5-6-7-11-15(16(17)19)18-13-9-8-10-14(12-13)20-2/h8-10,12,15,18H,3-7,11H2,1-2H3,(H2,17,19). The van der Waals surface area contributed by atoms with E-state index in [1.165, 1.54) is 19.3 Å². The molecule has 4 nitrogen and oxygen atoms in total. The fourth-order valence-electron chi connectivity index (χ4n) is 2.15. The van der Waals surface area contributed by atoms with E-state index >= 15 is 0 Å². The molecule has 1 atom stereocenters. The molecule has 1 aromatic rings. The third-order valence-electron chi connectivity index (χ3n) is 3.35. The summed E-state index contributed by atoms with van der Waals surface area (Å²) in [6.45, 7) is 2.19. The van der Waals surface area contributed by atoms with E-state index < -0.39 is 0 Å². The topological polar surface area (TPSA) is 64.3 Å². The van der Waals surface area contributed by atoms with Gasteiger partial charge in [-0.05, 0) is 18.6 Å². The molecule has 3 N–H and O–H groups in total. The van der Waals surface area contributed by atoms with Crippen LogP contribution >= 0.6 is 0 Å². The summed E-state index contributed by atoms with van der Waals surface area (Å²) < 4.78 is 5.17. The summed E-state index contributed by atoms with van der Waals surface area (Å²) in [7, 11) is 1.62. The van der Waals surface area contributed by atoms with E-state index in [0.29, 0.717) is 0 Å². The number of unbranched alkanes of at least 4 members (excludes halogenated alkanes) is 4. The van der Waals surface area contributed by atoms with Gasteiger partial charge < -0.3 is 15.8 Å². The van der Waals surface area contributed by atoms with Gasteiger partial charge in [0.25, 0.3) is 0 Å². The molecule has 20 heavy (non-hydrogen) atoms. The number of amides is 1. The highest BCUT2D eigenvalue weighted by Crippen LogP contribution is 2.19. The minimum Gasteiger partial charge on any atom is -0.497 e. The van der Waals surface area contributed by atoms with Crippen molar-refractivity contribution in [3.8, 4) is 5.75 Å². The van der Waals surface area contributed by atoms with Crippen LogP contribution in [-0.2, 0) is 4.79 Å². The SMILES string of the molecule is CCCCCCCC(Nc1cccc(OC)c1)C(N)=O. The molecule has 1 rings (SSSR count). The van der Waals surface area contributed by atoms with Gasteiger partial charge in [-0.2, -0.15) is 0 Å². The predicted octanol–water partition coefficient (Wildman–Crippen LogP) is 3.32. The molecule has 0 spiro atoms. The second-order valence-electron chi connectivity index (χ2n) is 5.03. The van der Waals surface area contributed by atoms with Crippen molar-refractivity contribution in [2.45, 2.75) is 51.5 Å². The van der Waals surface area contributed by atoms with Crippen molar-refractivity contribution in [2.75, 3.05) is 12.4 Å². The largest absolute Gasteiger partial charge is 0.497 e. The Morgan fingerprint density at radius 2 is 2.05 bits per heavy atom. The molecule has 4 heteroatoms. The van der Waals surface area contributed by atoms with Crippen molar-refractivity contribution in [2.24, 2.45) is 5.73 Å². The van der Waals surface area contributed by atoms with E-state index in [0.717, 1.165) is 30.7 Å². The molecular formula is C16H26N2O2. The lowest BCUT2D eigenvalue weighted by atomic mass is 10.1. The summed E-state index contributed by atoms with van der Waals surface area (Å²) in [6.07, 6.45) is 6.64. The van der Waals surface area contributed by atoms with Gasteiger partial charge in [-0.25, -0.2) is 0 Å². The molecule has 112 valence electrons. The van der Waals surface area contributed by atoms with E-state index in [-0.39, 0.29) is 11.9 Å². The van der Waals surface area contributed by atoms with Gasteiger partial charge in [0.2, 0.25) is 5.91 Å². The van der Waals surface area contributed by atoms with Crippen molar-refractivity contribution in [3.63, 3.8) is 0 Å². The molecule has 0 bridgehead atoms. The van der Waals surface area contributed by atoms with Crippen LogP contribution in [0.25, 0.3) is 0 Å². The van der Waals surface area contributed by atoms with Crippen molar-refractivity contribution in [1.82, 2.24) is 0 Å². The van der Waals surface area contributed by atoms with Crippen molar-refractivity contribution >= 4 is 11.6 Å². The lowest BCUT2D eigenvalue weighted by Crippen LogP contribution is -2.35. The summed E-state index contributed by atoms with van der Waals surface area (Å²) in [5.41, 5.74) is 6.33. The number of carbonyl (C=O) groups excluding carboxylic acids is 1. The average molecular weight is 278 g/mol. The number of nitrogens with one attached hydrogen (secondary N) is 1. The molecule has 0 radical (unpaired) electrons. The second kappa shape index (κ2) is 9.23. The van der Waals surface area contributed by atoms with Crippen molar-refractivity contribution in [1.29, 1.82) is 0 Å². The highest BCUT2D eigenvalue weighted by Gasteiger charge is 2.14. The molecule has 0 aromatic heterocycles. The molecule has 0 aliphatic heterocycles. The normalized spacial score (nSPS) is 11.9. The Kier molecular flexibility index (Phi) is 7.55. The molecule has 1 unspecified atom stereocenters. The smallest absolute Gasteiger partial charge is 0.239 e. The highest BCUT2D eigenvalue weighted by molar-refractivity contribution is 5.82. The van der Waals surface area contributed by atoms with Gasteiger partial charge in [0.1, 0.15) is 11.8 Å². The van der Waals surface area contributed by atoms with Crippen LogP contribution in [0.1, 0.15) is 45.4 Å². The average Bonchev–Trinajstić information content (AvgIpc) is 2.45. The summed E-state index contributed by atoms with van der Waals surface area (Å²) in [4.78, 5) is 11.5. The van der Waals surface area contributed by atoms with E-state index in [9.17, 15) is 4.79 Å². The Labute approximate surface area is 121 Å². The van der Waals surface area contributed by atoms with E-state index in [4.69, 9.17) is 10.5 Å². The zero-order chi connectivity index (χ0) is 14.8. The number of benzene rings is 1. The number of rotatable bonds is 10. The molecule has 0 fully saturated rings. The van der Waals surface area contributed by atoms with Gasteiger partial charge in [-0.3, -0.25) is 4.79 Å². The molecule has 1 amide bonds. The van der Waals surface area contributed by atoms with Crippen molar-refractivity contribution < 1.29 is 9.53 Å². The van der Waals surface area contributed by atoms with Gasteiger partial charge in [0.15, 0.2) is 0 Å². The van der Waals surface area contributed by atoms with E-state index in [1.54, 1.807) is 7.11 Å². The Balaban J connectivity index is 2.47. The molecule has 0 saturated carbocycles. The molecule has 1 aromatic carbocycles. The maximum Gasteiger partial charge on any atom is 0.239 e. The number of methoxy groups -OCH3 is 1. The monoisotopic (exact) mass is 278 g/mol. The van der Waals surface area contributed by atoms with Crippen LogP contribution in [0, 0.1) is 0 Å².